The number of esters is 1. The molecule has 0 atom stereocenters. The fraction of sp³-hybridized carbons (Fsp3) is 0.385. The molecule has 0 fully saturated rings. The van der Waals surface area contributed by atoms with E-state index in [-0.39, 0.29) is 24.4 Å². The summed E-state index contributed by atoms with van der Waals surface area (Å²) in [6.07, 6.45) is 5.11. The van der Waals surface area contributed by atoms with Gasteiger partial charge in [-0.2, -0.15) is 0 Å². The third kappa shape index (κ3) is 6.21. The number of carbonyl (C=O) groups is 2. The van der Waals surface area contributed by atoms with Crippen LogP contribution in [0.25, 0.3) is 10.9 Å². The van der Waals surface area contributed by atoms with Crippen LogP contribution in [-0.4, -0.2) is 42.1 Å². The third-order valence-electron chi connectivity index (χ3n) is 5.57. The highest BCUT2D eigenvalue weighted by atomic mass is 16.5. The van der Waals surface area contributed by atoms with Crippen molar-refractivity contribution in [1.29, 1.82) is 0 Å². The van der Waals surface area contributed by atoms with Crippen LogP contribution in [0.3, 0.4) is 0 Å². The number of carbonyl (C=O) groups excluding carboxylic acids is 2. The van der Waals surface area contributed by atoms with Crippen molar-refractivity contribution < 1.29 is 23.8 Å². The summed E-state index contributed by atoms with van der Waals surface area (Å²) in [5.41, 5.74) is 1.97. The number of Topliss-reactive ketones (excluding diaryl/α,β-unsaturated/α-hetero) is 1. The summed E-state index contributed by atoms with van der Waals surface area (Å²) < 4.78 is 17.1. The van der Waals surface area contributed by atoms with Gasteiger partial charge in [0.05, 0.1) is 31.4 Å². The van der Waals surface area contributed by atoms with Crippen LogP contribution < -0.4 is 15.0 Å². The third-order valence-corrected chi connectivity index (χ3v) is 5.57. The topological polar surface area (TPSA) is 96.7 Å². The molecule has 0 aliphatic heterocycles. The number of benzene rings is 2. The molecule has 8 nitrogen and oxygen atoms in total. The summed E-state index contributed by atoms with van der Waals surface area (Å²) >= 11 is 0. The lowest BCUT2D eigenvalue weighted by Crippen LogP contribution is -2.21. The molecule has 1 aromatic heterocycles. The predicted octanol–water partition coefficient (Wildman–Crippen LogP) is 3.96. The molecule has 0 aliphatic rings. The van der Waals surface area contributed by atoms with E-state index in [1.165, 1.54) is 30.7 Å². The van der Waals surface area contributed by atoms with Gasteiger partial charge in [-0.05, 0) is 30.9 Å². The van der Waals surface area contributed by atoms with Gasteiger partial charge in [0.2, 0.25) is 0 Å². The van der Waals surface area contributed by atoms with Crippen LogP contribution in [0.2, 0.25) is 0 Å². The van der Waals surface area contributed by atoms with Crippen molar-refractivity contribution >= 4 is 22.7 Å². The van der Waals surface area contributed by atoms with Gasteiger partial charge in [-0.1, -0.05) is 37.6 Å². The molecule has 0 saturated carbocycles. The number of aromatic nitrogens is 2. The molecule has 0 aliphatic carbocycles. The minimum absolute atomic E-state index is 0.0830. The lowest BCUT2D eigenvalue weighted by atomic mass is 10.0. The molecular formula is C26H30N2O6. The van der Waals surface area contributed by atoms with Crippen molar-refractivity contribution in [2.24, 2.45) is 0 Å². The van der Waals surface area contributed by atoms with Crippen molar-refractivity contribution in [2.75, 3.05) is 20.8 Å². The van der Waals surface area contributed by atoms with E-state index >= 15 is 0 Å². The minimum Gasteiger partial charge on any atom is -0.493 e. The number of hydrogen-bond donors (Lipinski definition) is 0. The molecule has 3 rings (SSSR count). The first-order valence-electron chi connectivity index (χ1n) is 11.4. The van der Waals surface area contributed by atoms with E-state index in [1.807, 2.05) is 12.1 Å². The summed E-state index contributed by atoms with van der Waals surface area (Å²) in [7, 11) is 3.01. The maximum Gasteiger partial charge on any atom is 0.306 e. The summed E-state index contributed by atoms with van der Waals surface area (Å²) in [6.45, 7) is 2.13. The molecule has 0 saturated heterocycles. The van der Waals surface area contributed by atoms with Crippen molar-refractivity contribution in [2.45, 2.75) is 45.6 Å². The smallest absolute Gasteiger partial charge is 0.306 e. The molecule has 8 heteroatoms. The highest BCUT2D eigenvalue weighted by Crippen LogP contribution is 2.29. The molecule has 0 amide bonds. The molecular weight excluding hydrogens is 436 g/mol. The highest BCUT2D eigenvalue weighted by molar-refractivity contribution is 5.97. The van der Waals surface area contributed by atoms with Crippen molar-refractivity contribution in [3.8, 4) is 11.5 Å². The Kier molecular flexibility index (Phi) is 8.79. The molecule has 0 spiro atoms. The molecule has 2 aromatic carbocycles. The second-order valence-corrected chi connectivity index (χ2v) is 7.96. The number of ketones is 1. The van der Waals surface area contributed by atoms with Gasteiger partial charge in [-0.15, -0.1) is 0 Å². The normalized spacial score (nSPS) is 10.8. The van der Waals surface area contributed by atoms with Crippen LogP contribution >= 0.6 is 0 Å². The first-order valence-corrected chi connectivity index (χ1v) is 11.4. The van der Waals surface area contributed by atoms with Gasteiger partial charge in [-0.25, -0.2) is 4.98 Å². The Bertz CT molecular complexity index is 1200. The maximum atomic E-state index is 12.8. The molecule has 1 heterocycles. The monoisotopic (exact) mass is 466 g/mol. The molecule has 0 N–H and O–H groups in total. The minimum atomic E-state index is -0.485. The standard InChI is InChI=1S/C26H30N2O6/c1-4-5-7-18-9-11-19(12-10-18)22(29)16-34-25(30)8-6-13-28-17-27-21-15-24(33-3)23(32-2)14-20(21)26(28)31/h9-12,14-15,17H,4-8,13,16H2,1-3H3. The molecule has 180 valence electrons. The van der Waals surface area contributed by atoms with Gasteiger partial charge in [0, 0.05) is 24.6 Å². The van der Waals surface area contributed by atoms with Gasteiger partial charge in [0.25, 0.3) is 5.56 Å². The highest BCUT2D eigenvalue weighted by Gasteiger charge is 2.13. The summed E-state index contributed by atoms with van der Waals surface area (Å²) in [4.78, 5) is 41.5. The second-order valence-electron chi connectivity index (χ2n) is 7.96. The van der Waals surface area contributed by atoms with Crippen LogP contribution in [0.4, 0.5) is 0 Å². The molecule has 0 unspecified atom stereocenters. The zero-order valence-electron chi connectivity index (χ0n) is 19.8. The number of methoxy groups -OCH3 is 2. The Labute approximate surface area is 198 Å². The predicted molar refractivity (Wildman–Crippen MR) is 129 cm³/mol. The van der Waals surface area contributed by atoms with E-state index < -0.39 is 5.97 Å². The van der Waals surface area contributed by atoms with Crippen LogP contribution in [0, 0.1) is 0 Å². The summed E-state index contributed by atoms with van der Waals surface area (Å²) in [6, 6.07) is 10.6. The van der Waals surface area contributed by atoms with Crippen LogP contribution in [0.15, 0.2) is 47.5 Å². The largest absolute Gasteiger partial charge is 0.493 e. The summed E-state index contributed by atoms with van der Waals surface area (Å²) in [5.74, 6) is 0.204. The molecule has 3 aromatic rings. The molecule has 0 bridgehead atoms. The number of fused-ring (bicyclic) bond motifs is 1. The van der Waals surface area contributed by atoms with Crippen LogP contribution in [0.1, 0.15) is 48.5 Å². The Morgan fingerprint density at radius 3 is 2.38 bits per heavy atom. The van der Waals surface area contributed by atoms with E-state index in [2.05, 4.69) is 11.9 Å². The Morgan fingerprint density at radius 1 is 1.00 bits per heavy atom. The Morgan fingerprint density at radius 2 is 1.71 bits per heavy atom. The van der Waals surface area contributed by atoms with E-state index in [0.717, 1.165) is 19.3 Å². The first-order chi connectivity index (χ1) is 16.5. The SMILES string of the molecule is CCCCc1ccc(C(=O)COC(=O)CCCn2cnc3cc(OC)c(OC)cc3c2=O)cc1. The van der Waals surface area contributed by atoms with Crippen LogP contribution in [-0.2, 0) is 22.5 Å². The average molecular weight is 467 g/mol. The fourth-order valence-corrected chi connectivity index (χ4v) is 3.58. The fourth-order valence-electron chi connectivity index (χ4n) is 3.58. The lowest BCUT2D eigenvalue weighted by Gasteiger charge is -2.10. The lowest BCUT2D eigenvalue weighted by molar-refractivity contribution is -0.142. The summed E-state index contributed by atoms with van der Waals surface area (Å²) in [5, 5.41) is 0.397. The van der Waals surface area contributed by atoms with E-state index in [0.29, 0.717) is 40.9 Å². The molecule has 34 heavy (non-hydrogen) atoms. The van der Waals surface area contributed by atoms with Crippen molar-refractivity contribution in [3.05, 3.63) is 64.2 Å². The van der Waals surface area contributed by atoms with Crippen molar-refractivity contribution in [3.63, 3.8) is 0 Å². The van der Waals surface area contributed by atoms with Gasteiger partial charge in [0.1, 0.15) is 0 Å². The zero-order chi connectivity index (χ0) is 24.5. The molecule has 0 radical (unpaired) electrons. The zero-order valence-corrected chi connectivity index (χ0v) is 19.8. The van der Waals surface area contributed by atoms with Crippen LogP contribution in [0.5, 0.6) is 11.5 Å². The van der Waals surface area contributed by atoms with Gasteiger partial charge < -0.3 is 14.2 Å². The van der Waals surface area contributed by atoms with Gasteiger partial charge >= 0.3 is 5.97 Å². The number of unbranched alkanes of at least 4 members (excludes halogenated alkanes) is 1. The number of aryl methyl sites for hydroxylation is 2. The average Bonchev–Trinajstić information content (AvgIpc) is 2.87. The second kappa shape index (κ2) is 12.0. The first kappa shape index (κ1) is 25.0. The maximum absolute atomic E-state index is 12.8. The number of rotatable bonds is 12. The number of nitrogens with zero attached hydrogens (tertiary/aromatic N) is 2. The van der Waals surface area contributed by atoms with E-state index in [9.17, 15) is 14.4 Å². The number of ether oxygens (including phenoxy) is 3. The Balaban J connectivity index is 1.51. The van der Waals surface area contributed by atoms with E-state index in [4.69, 9.17) is 14.2 Å². The van der Waals surface area contributed by atoms with Crippen molar-refractivity contribution in [1.82, 2.24) is 9.55 Å². The van der Waals surface area contributed by atoms with Gasteiger partial charge in [0.15, 0.2) is 23.9 Å². The quantitative estimate of drug-likeness (QED) is 0.294. The number of hydrogen-bond acceptors (Lipinski definition) is 7. The Hall–Kier alpha value is -3.68. The van der Waals surface area contributed by atoms with E-state index in [1.54, 1.807) is 24.3 Å². The van der Waals surface area contributed by atoms with Gasteiger partial charge in [-0.3, -0.25) is 19.0 Å².